The summed E-state index contributed by atoms with van der Waals surface area (Å²) in [5.74, 6) is 2.31. The predicted octanol–water partition coefficient (Wildman–Crippen LogP) is 3.38. The Hall–Kier alpha value is -0.0800. The third-order valence-corrected chi connectivity index (χ3v) is 5.02. The van der Waals surface area contributed by atoms with Crippen LogP contribution in [0.25, 0.3) is 0 Å². The van der Waals surface area contributed by atoms with Crippen LogP contribution in [0.2, 0.25) is 0 Å². The van der Waals surface area contributed by atoms with Gasteiger partial charge >= 0.3 is 0 Å². The molecule has 0 amide bonds. The molecule has 2 atom stereocenters. The van der Waals surface area contributed by atoms with Crippen LogP contribution in [0.15, 0.2) is 4.99 Å². The molecule has 0 aromatic heterocycles. The number of guanidine groups is 1. The van der Waals surface area contributed by atoms with Crippen LogP contribution in [0, 0.1) is 17.3 Å². The summed E-state index contributed by atoms with van der Waals surface area (Å²) in [6.45, 7) is 11.2. The van der Waals surface area contributed by atoms with E-state index in [1.807, 2.05) is 7.05 Å². The molecule has 1 aliphatic carbocycles. The van der Waals surface area contributed by atoms with Crippen molar-refractivity contribution in [1.82, 2.24) is 10.2 Å². The summed E-state index contributed by atoms with van der Waals surface area (Å²) in [6.07, 6.45) is 5.38. The van der Waals surface area contributed by atoms with E-state index in [1.165, 1.54) is 19.3 Å². The van der Waals surface area contributed by atoms with E-state index in [-0.39, 0.29) is 29.4 Å². The largest absolute Gasteiger partial charge is 0.379 e. The van der Waals surface area contributed by atoms with Gasteiger partial charge in [-0.25, -0.2) is 0 Å². The first-order chi connectivity index (χ1) is 11.4. The normalized spacial score (nSPS) is 24.6. The number of ether oxygens (including phenoxy) is 2. The molecule has 5 nitrogen and oxygen atoms in total. The molecule has 0 bridgehead atoms. The number of rotatable bonds is 7. The van der Waals surface area contributed by atoms with Gasteiger partial charge in [0, 0.05) is 46.3 Å². The van der Waals surface area contributed by atoms with Gasteiger partial charge in [0.15, 0.2) is 5.96 Å². The molecule has 2 unspecified atom stereocenters. The van der Waals surface area contributed by atoms with Crippen LogP contribution in [0.5, 0.6) is 0 Å². The standard InChI is InChI=1S/C19H37N3O2.HI/c1-19(2,3)17-16(7-6-11-24-17)13-21-18(20-4)22(5)10-12-23-14-15-8-9-15;/h15-17H,6-14H2,1-5H3,(H,20,21);1H. The lowest BCUT2D eigenvalue weighted by atomic mass is 9.78. The number of likely N-dealkylation sites (N-methyl/N-ethyl adjacent to an activating group) is 1. The maximum Gasteiger partial charge on any atom is 0.193 e. The molecule has 0 radical (unpaired) electrons. The SMILES string of the molecule is CN=C(NCC1CCCOC1C(C)(C)C)N(C)CCOCC1CC1.I. The zero-order valence-corrected chi connectivity index (χ0v) is 19.0. The third-order valence-electron chi connectivity index (χ3n) is 5.02. The first kappa shape index (κ1) is 23.0. The molecule has 1 heterocycles. The molecule has 1 aliphatic heterocycles. The van der Waals surface area contributed by atoms with Gasteiger partial charge < -0.3 is 19.7 Å². The van der Waals surface area contributed by atoms with Gasteiger partial charge in [0.1, 0.15) is 0 Å². The minimum absolute atomic E-state index is 0. The second-order valence-corrected chi connectivity index (χ2v) is 8.43. The number of hydrogen-bond acceptors (Lipinski definition) is 3. The third kappa shape index (κ3) is 7.99. The lowest BCUT2D eigenvalue weighted by Crippen LogP contribution is -2.48. The Labute approximate surface area is 171 Å². The van der Waals surface area contributed by atoms with E-state index in [2.05, 4.69) is 43.0 Å². The molecule has 1 saturated heterocycles. The molecular weight excluding hydrogens is 429 g/mol. The maximum atomic E-state index is 6.08. The zero-order valence-electron chi connectivity index (χ0n) is 16.7. The quantitative estimate of drug-likeness (QED) is 0.270. The molecule has 0 aromatic rings. The summed E-state index contributed by atoms with van der Waals surface area (Å²) in [6, 6.07) is 0. The van der Waals surface area contributed by atoms with Crippen molar-refractivity contribution < 1.29 is 9.47 Å². The summed E-state index contributed by atoms with van der Waals surface area (Å²) in [5.41, 5.74) is 0.179. The van der Waals surface area contributed by atoms with Crippen molar-refractivity contribution in [2.75, 3.05) is 47.0 Å². The molecular formula is C19H38IN3O2. The zero-order chi connectivity index (χ0) is 17.6. The van der Waals surface area contributed by atoms with E-state index >= 15 is 0 Å². The van der Waals surface area contributed by atoms with Gasteiger partial charge in [0.05, 0.1) is 12.7 Å². The highest BCUT2D eigenvalue weighted by molar-refractivity contribution is 14.0. The van der Waals surface area contributed by atoms with Crippen molar-refractivity contribution in [2.45, 2.75) is 52.6 Å². The van der Waals surface area contributed by atoms with Gasteiger partial charge in [-0.2, -0.15) is 0 Å². The van der Waals surface area contributed by atoms with E-state index in [9.17, 15) is 0 Å². The van der Waals surface area contributed by atoms with Gasteiger partial charge in [-0.1, -0.05) is 20.8 Å². The summed E-state index contributed by atoms with van der Waals surface area (Å²) in [5, 5.41) is 3.54. The van der Waals surface area contributed by atoms with Crippen molar-refractivity contribution in [1.29, 1.82) is 0 Å². The van der Waals surface area contributed by atoms with E-state index in [1.54, 1.807) is 0 Å². The van der Waals surface area contributed by atoms with Crippen LogP contribution in [0.4, 0.5) is 0 Å². The molecule has 2 fully saturated rings. The van der Waals surface area contributed by atoms with Crippen LogP contribution in [0.3, 0.4) is 0 Å². The van der Waals surface area contributed by atoms with Gasteiger partial charge in [-0.3, -0.25) is 4.99 Å². The molecule has 25 heavy (non-hydrogen) atoms. The average molecular weight is 467 g/mol. The number of aliphatic imine (C=N–C) groups is 1. The number of nitrogens with zero attached hydrogens (tertiary/aromatic N) is 2. The molecule has 0 spiro atoms. The Morgan fingerprint density at radius 1 is 1.28 bits per heavy atom. The highest BCUT2D eigenvalue weighted by Gasteiger charge is 2.35. The molecule has 1 N–H and O–H groups in total. The van der Waals surface area contributed by atoms with Crippen molar-refractivity contribution >= 4 is 29.9 Å². The van der Waals surface area contributed by atoms with Crippen molar-refractivity contribution in [3.8, 4) is 0 Å². The minimum atomic E-state index is 0. The van der Waals surface area contributed by atoms with Gasteiger partial charge in [-0.05, 0) is 37.0 Å². The average Bonchev–Trinajstić information content (AvgIpc) is 3.36. The predicted molar refractivity (Wildman–Crippen MR) is 115 cm³/mol. The first-order valence-electron chi connectivity index (χ1n) is 9.53. The molecule has 0 aromatic carbocycles. The Balaban J connectivity index is 0.00000312. The van der Waals surface area contributed by atoms with Gasteiger partial charge in [-0.15, -0.1) is 24.0 Å². The highest BCUT2D eigenvalue weighted by atomic mass is 127. The van der Waals surface area contributed by atoms with E-state index in [4.69, 9.17) is 9.47 Å². The Morgan fingerprint density at radius 3 is 2.60 bits per heavy atom. The summed E-state index contributed by atoms with van der Waals surface area (Å²) >= 11 is 0. The van der Waals surface area contributed by atoms with E-state index < -0.39 is 0 Å². The van der Waals surface area contributed by atoms with Crippen molar-refractivity contribution in [2.24, 2.45) is 22.2 Å². The van der Waals surface area contributed by atoms with Gasteiger partial charge in [0.25, 0.3) is 0 Å². The fourth-order valence-electron chi connectivity index (χ4n) is 3.46. The Bertz CT molecular complexity index is 408. The number of nitrogens with one attached hydrogen (secondary N) is 1. The second-order valence-electron chi connectivity index (χ2n) is 8.43. The molecule has 148 valence electrons. The van der Waals surface area contributed by atoms with Crippen LogP contribution < -0.4 is 5.32 Å². The van der Waals surface area contributed by atoms with Crippen molar-refractivity contribution in [3.05, 3.63) is 0 Å². The Kier molecular flexibility index (Phi) is 10.0. The Morgan fingerprint density at radius 2 is 2.00 bits per heavy atom. The number of halogens is 1. The highest BCUT2D eigenvalue weighted by Crippen LogP contribution is 2.33. The summed E-state index contributed by atoms with van der Waals surface area (Å²) in [4.78, 5) is 6.58. The van der Waals surface area contributed by atoms with Gasteiger partial charge in [0.2, 0.25) is 0 Å². The first-order valence-corrected chi connectivity index (χ1v) is 9.53. The summed E-state index contributed by atoms with van der Waals surface area (Å²) < 4.78 is 11.8. The van der Waals surface area contributed by atoms with E-state index in [0.717, 1.165) is 51.2 Å². The second kappa shape index (κ2) is 10.9. The fraction of sp³-hybridized carbons (Fsp3) is 0.947. The maximum absolute atomic E-state index is 6.08. The van der Waals surface area contributed by atoms with Crippen molar-refractivity contribution in [3.63, 3.8) is 0 Å². The van der Waals surface area contributed by atoms with Crippen LogP contribution in [-0.4, -0.2) is 64.0 Å². The fourth-order valence-corrected chi connectivity index (χ4v) is 3.46. The molecule has 1 saturated carbocycles. The monoisotopic (exact) mass is 467 g/mol. The summed E-state index contributed by atoms with van der Waals surface area (Å²) in [7, 11) is 3.93. The number of hydrogen-bond donors (Lipinski definition) is 1. The van der Waals surface area contributed by atoms with Crippen LogP contribution >= 0.6 is 24.0 Å². The topological polar surface area (TPSA) is 46.1 Å². The molecule has 2 rings (SSSR count). The molecule has 6 heteroatoms. The van der Waals surface area contributed by atoms with Crippen LogP contribution in [-0.2, 0) is 9.47 Å². The minimum Gasteiger partial charge on any atom is -0.379 e. The van der Waals surface area contributed by atoms with E-state index in [0.29, 0.717) is 12.0 Å². The lowest BCUT2D eigenvalue weighted by Gasteiger charge is -2.40. The van der Waals surface area contributed by atoms with Crippen LogP contribution in [0.1, 0.15) is 46.5 Å². The lowest BCUT2D eigenvalue weighted by molar-refractivity contribution is -0.0836. The smallest absolute Gasteiger partial charge is 0.193 e. The molecule has 2 aliphatic rings.